The minimum Gasteiger partial charge on any atom is -0.343 e. The molecule has 0 saturated carbocycles. The van der Waals surface area contributed by atoms with Crippen molar-refractivity contribution in [2.24, 2.45) is 0 Å². The average Bonchev–Trinajstić information content (AvgIpc) is 2.40. The molecular formula is C17H23Na. The van der Waals surface area contributed by atoms with Crippen molar-refractivity contribution in [1.82, 2.24) is 0 Å². The zero-order chi connectivity index (χ0) is 12.3. The molecule has 2 rings (SSSR count). The number of hydrogen-bond donors (Lipinski definition) is 0. The molecule has 0 bridgehead atoms. The van der Waals surface area contributed by atoms with Crippen molar-refractivity contribution in [3.8, 4) is 0 Å². The minimum atomic E-state index is 0. The maximum Gasteiger partial charge on any atom is 1.00 e. The number of benzene rings is 2. The Hall–Kier alpha value is -0.300. The molecule has 0 fully saturated rings. The molecule has 0 radical (unpaired) electrons. The van der Waals surface area contributed by atoms with Gasteiger partial charge >= 0.3 is 29.6 Å². The second kappa shape index (κ2) is 11.8. The first kappa shape index (κ1) is 17.7. The molecule has 0 amide bonds. The van der Waals surface area contributed by atoms with Crippen LogP contribution >= 0.6 is 0 Å². The van der Waals surface area contributed by atoms with Gasteiger partial charge in [0.15, 0.2) is 0 Å². The van der Waals surface area contributed by atoms with E-state index in [2.05, 4.69) is 62.4 Å². The summed E-state index contributed by atoms with van der Waals surface area (Å²) in [6.45, 7) is 5.98. The van der Waals surface area contributed by atoms with Gasteiger partial charge in [-0.25, -0.2) is 0 Å². The van der Waals surface area contributed by atoms with E-state index in [4.69, 9.17) is 0 Å². The zero-order valence-corrected chi connectivity index (χ0v) is 13.9. The molecule has 0 atom stereocenters. The van der Waals surface area contributed by atoms with Gasteiger partial charge < -0.3 is 6.92 Å². The number of fused-ring (bicyclic) bond motifs is 1. The largest absolute Gasteiger partial charge is 1.00 e. The van der Waals surface area contributed by atoms with Crippen LogP contribution in [0.3, 0.4) is 0 Å². The molecule has 2 aromatic rings. The van der Waals surface area contributed by atoms with Crippen LogP contribution in [0, 0.1) is 6.92 Å². The third-order valence-corrected chi connectivity index (χ3v) is 2.76. The van der Waals surface area contributed by atoms with E-state index in [1.54, 1.807) is 0 Å². The fourth-order valence-corrected chi connectivity index (χ4v) is 1.74. The van der Waals surface area contributed by atoms with Gasteiger partial charge in [0.05, 0.1) is 0 Å². The van der Waals surface area contributed by atoms with Gasteiger partial charge in [-0.15, -0.1) is 0 Å². The van der Waals surface area contributed by atoms with Gasteiger partial charge in [-0.2, -0.15) is 6.42 Å². The number of hydrogen-bond acceptors (Lipinski definition) is 0. The number of unbranched alkanes of at least 4 members (excludes halogenated alkanes) is 4. The number of rotatable bonds is 4. The predicted molar refractivity (Wildman–Crippen MR) is 78.1 cm³/mol. The molecular weight excluding hydrogens is 227 g/mol. The molecule has 0 aromatic heterocycles. The molecule has 2 aromatic carbocycles. The molecule has 18 heavy (non-hydrogen) atoms. The molecule has 92 valence electrons. The van der Waals surface area contributed by atoms with Gasteiger partial charge in [-0.05, 0) is 10.8 Å². The molecule has 0 aliphatic heterocycles. The second-order valence-corrected chi connectivity index (χ2v) is 4.26. The molecule has 0 N–H and O–H groups in total. The van der Waals surface area contributed by atoms with Crippen LogP contribution in [0.25, 0.3) is 10.8 Å². The van der Waals surface area contributed by atoms with E-state index in [1.807, 2.05) is 0 Å². The Balaban J connectivity index is 0.000000326. The topological polar surface area (TPSA) is 0 Å². The van der Waals surface area contributed by atoms with Crippen LogP contribution in [0.1, 0.15) is 39.0 Å². The van der Waals surface area contributed by atoms with Crippen molar-refractivity contribution in [2.75, 3.05) is 0 Å². The Morgan fingerprint density at radius 3 is 1.56 bits per heavy atom. The summed E-state index contributed by atoms with van der Waals surface area (Å²) in [4.78, 5) is 0. The van der Waals surface area contributed by atoms with Crippen molar-refractivity contribution in [2.45, 2.75) is 39.0 Å². The Kier molecular flexibility index (Phi) is 11.6. The van der Waals surface area contributed by atoms with E-state index in [9.17, 15) is 0 Å². The summed E-state index contributed by atoms with van der Waals surface area (Å²) in [7, 11) is 0. The first-order valence-corrected chi connectivity index (χ1v) is 6.61. The van der Waals surface area contributed by atoms with Crippen LogP contribution in [0.4, 0.5) is 0 Å². The SMILES string of the molecule is [CH2-]CCCCCC.[Na+].c1ccc2ccccc2c1. The van der Waals surface area contributed by atoms with Gasteiger partial charge in [-0.3, -0.25) is 0 Å². The first-order valence-electron chi connectivity index (χ1n) is 6.61. The van der Waals surface area contributed by atoms with Gasteiger partial charge in [0.1, 0.15) is 0 Å². The summed E-state index contributed by atoms with van der Waals surface area (Å²) >= 11 is 0. The quantitative estimate of drug-likeness (QED) is 0.444. The minimum absolute atomic E-state index is 0. The third kappa shape index (κ3) is 7.20. The third-order valence-electron chi connectivity index (χ3n) is 2.76. The van der Waals surface area contributed by atoms with E-state index in [-0.39, 0.29) is 29.6 Å². The average molecular weight is 250 g/mol. The van der Waals surface area contributed by atoms with Gasteiger partial charge in [0.25, 0.3) is 0 Å². The summed E-state index contributed by atoms with van der Waals surface area (Å²) in [6, 6.07) is 16.7. The van der Waals surface area contributed by atoms with Crippen LogP contribution in [-0.4, -0.2) is 0 Å². The van der Waals surface area contributed by atoms with Crippen LogP contribution < -0.4 is 29.6 Å². The van der Waals surface area contributed by atoms with E-state index in [0.717, 1.165) is 6.42 Å². The smallest absolute Gasteiger partial charge is 0.343 e. The summed E-state index contributed by atoms with van der Waals surface area (Å²) < 4.78 is 0. The molecule has 0 heterocycles. The second-order valence-electron chi connectivity index (χ2n) is 4.26. The summed E-state index contributed by atoms with van der Waals surface area (Å²) in [5, 5.41) is 2.62. The van der Waals surface area contributed by atoms with E-state index in [1.165, 1.54) is 36.5 Å². The van der Waals surface area contributed by atoms with Crippen LogP contribution in [0.2, 0.25) is 0 Å². The predicted octanol–water partition coefficient (Wildman–Crippen LogP) is 2.63. The maximum atomic E-state index is 3.76. The van der Waals surface area contributed by atoms with Crippen molar-refractivity contribution in [3.63, 3.8) is 0 Å². The fraction of sp³-hybridized carbons (Fsp3) is 0.353. The summed E-state index contributed by atoms with van der Waals surface area (Å²) in [6.07, 6.45) is 6.52. The molecule has 0 nitrogen and oxygen atoms in total. The summed E-state index contributed by atoms with van der Waals surface area (Å²) in [5.41, 5.74) is 0. The fourth-order valence-electron chi connectivity index (χ4n) is 1.74. The molecule has 0 spiro atoms. The van der Waals surface area contributed by atoms with Crippen LogP contribution in [-0.2, 0) is 0 Å². The zero-order valence-electron chi connectivity index (χ0n) is 11.9. The Labute approximate surface area is 134 Å². The van der Waals surface area contributed by atoms with Crippen molar-refractivity contribution in [1.29, 1.82) is 0 Å². The van der Waals surface area contributed by atoms with Crippen LogP contribution in [0.5, 0.6) is 0 Å². The summed E-state index contributed by atoms with van der Waals surface area (Å²) in [5.74, 6) is 0. The van der Waals surface area contributed by atoms with E-state index in [0.29, 0.717) is 0 Å². The van der Waals surface area contributed by atoms with E-state index < -0.39 is 0 Å². The van der Waals surface area contributed by atoms with Gasteiger partial charge in [0.2, 0.25) is 0 Å². The monoisotopic (exact) mass is 250 g/mol. The van der Waals surface area contributed by atoms with Gasteiger partial charge in [-0.1, -0.05) is 81.1 Å². The van der Waals surface area contributed by atoms with Gasteiger partial charge in [0, 0.05) is 0 Å². The molecule has 0 unspecified atom stereocenters. The van der Waals surface area contributed by atoms with Crippen molar-refractivity contribution < 1.29 is 29.6 Å². The standard InChI is InChI=1S/C10H8.C7H15.Na/c1-2-6-10-8-4-3-7-9(10)5-1;1-3-5-7-6-4-2;/h1-8H;1,3-7H2,2H3;/q;-1;+1. The van der Waals surface area contributed by atoms with Crippen LogP contribution in [0.15, 0.2) is 48.5 Å². The molecule has 1 heteroatoms. The molecule has 0 aliphatic rings. The Morgan fingerprint density at radius 2 is 1.22 bits per heavy atom. The molecule has 0 aliphatic carbocycles. The maximum absolute atomic E-state index is 3.76. The van der Waals surface area contributed by atoms with Crippen molar-refractivity contribution >= 4 is 10.8 Å². The Bertz CT molecular complexity index is 340. The first-order chi connectivity index (χ1) is 8.38. The Morgan fingerprint density at radius 1 is 0.778 bits per heavy atom. The normalized spacial score (nSPS) is 9.22. The van der Waals surface area contributed by atoms with Crippen molar-refractivity contribution in [3.05, 3.63) is 55.5 Å². The van der Waals surface area contributed by atoms with E-state index >= 15 is 0 Å². The molecule has 0 saturated heterocycles.